The number of ether oxygens (including phenoxy) is 1. The van der Waals surface area contributed by atoms with Gasteiger partial charge in [0.1, 0.15) is 12.0 Å². The first-order valence-corrected chi connectivity index (χ1v) is 6.49. The maximum absolute atomic E-state index is 11.0. The van der Waals surface area contributed by atoms with Crippen LogP contribution in [0.25, 0.3) is 0 Å². The Morgan fingerprint density at radius 3 is 2.65 bits per heavy atom. The Bertz CT molecular complexity index is 685. The Kier molecular flexibility index (Phi) is 4.14. The lowest BCUT2D eigenvalue weighted by Crippen LogP contribution is -1.95. The van der Waals surface area contributed by atoms with Crippen molar-refractivity contribution in [2.75, 3.05) is 0 Å². The number of benzene rings is 2. The molecule has 0 atom stereocenters. The Labute approximate surface area is 123 Å². The molecule has 5 nitrogen and oxygen atoms in total. The summed E-state index contributed by atoms with van der Waals surface area (Å²) in [6, 6.07) is 9.46. The van der Waals surface area contributed by atoms with Crippen molar-refractivity contribution in [3.63, 3.8) is 0 Å². The number of nitrogens with zero attached hydrogens (tertiary/aromatic N) is 1. The number of hydrogen-bond donors (Lipinski definition) is 0. The number of rotatable bonds is 4. The van der Waals surface area contributed by atoms with Crippen LogP contribution in [0.1, 0.15) is 15.9 Å². The Hall–Kier alpha value is -2.21. The van der Waals surface area contributed by atoms with E-state index in [0.717, 1.165) is 11.8 Å². The fourth-order valence-corrected chi connectivity index (χ4v) is 2.14. The van der Waals surface area contributed by atoms with E-state index < -0.39 is 4.92 Å². The molecule has 0 aromatic heterocycles. The minimum Gasteiger partial charge on any atom is -0.449 e. The van der Waals surface area contributed by atoms with Crippen LogP contribution >= 0.6 is 15.9 Å². The molecule has 2 rings (SSSR count). The van der Waals surface area contributed by atoms with Crippen molar-refractivity contribution in [3.8, 4) is 11.5 Å². The van der Waals surface area contributed by atoms with E-state index in [4.69, 9.17) is 4.74 Å². The lowest BCUT2D eigenvalue weighted by molar-refractivity contribution is -0.385. The molecule has 0 spiro atoms. The first kappa shape index (κ1) is 14.2. The van der Waals surface area contributed by atoms with Gasteiger partial charge in [-0.2, -0.15) is 0 Å². The maximum atomic E-state index is 11.0. The molecule has 0 unspecified atom stereocenters. The summed E-state index contributed by atoms with van der Waals surface area (Å²) < 4.78 is 6.07. The van der Waals surface area contributed by atoms with Crippen molar-refractivity contribution in [2.45, 2.75) is 6.92 Å². The van der Waals surface area contributed by atoms with Crippen molar-refractivity contribution in [3.05, 3.63) is 62.1 Å². The van der Waals surface area contributed by atoms with Crippen LogP contribution in [0.3, 0.4) is 0 Å². The minimum atomic E-state index is -0.507. The van der Waals surface area contributed by atoms with E-state index in [1.807, 2.05) is 0 Å². The minimum absolute atomic E-state index is 0.128. The molecular formula is C14H10BrNO4. The van der Waals surface area contributed by atoms with Crippen molar-refractivity contribution in [1.82, 2.24) is 0 Å². The van der Waals surface area contributed by atoms with Gasteiger partial charge in [-0.1, -0.05) is 6.07 Å². The standard InChI is InChI=1S/C14H10BrNO4/c1-9-7-11(6-5-10(9)8-17)20-14-12(15)3-2-4-13(14)16(18)19/h2-8H,1H3. The number of hydrogen-bond acceptors (Lipinski definition) is 4. The van der Waals surface area contributed by atoms with E-state index >= 15 is 0 Å². The number of para-hydroxylation sites is 1. The molecule has 0 aliphatic carbocycles. The number of aryl methyl sites for hydroxylation is 1. The van der Waals surface area contributed by atoms with Gasteiger partial charge in [-0.15, -0.1) is 0 Å². The molecule has 0 radical (unpaired) electrons. The number of carbonyl (C=O) groups is 1. The van der Waals surface area contributed by atoms with Crippen LogP contribution in [0, 0.1) is 17.0 Å². The molecule has 0 N–H and O–H groups in total. The Morgan fingerprint density at radius 1 is 1.30 bits per heavy atom. The molecule has 0 aliphatic rings. The number of nitro groups is 1. The average molecular weight is 336 g/mol. The molecular weight excluding hydrogens is 326 g/mol. The van der Waals surface area contributed by atoms with Crippen LogP contribution in [0.2, 0.25) is 0 Å². The van der Waals surface area contributed by atoms with Gasteiger partial charge in [0.25, 0.3) is 0 Å². The van der Waals surface area contributed by atoms with Gasteiger partial charge in [0.05, 0.1) is 9.40 Å². The summed E-state index contributed by atoms with van der Waals surface area (Å²) in [6.07, 6.45) is 0.750. The molecule has 6 heteroatoms. The van der Waals surface area contributed by atoms with Gasteiger partial charge in [-0.05, 0) is 52.7 Å². The summed E-state index contributed by atoms with van der Waals surface area (Å²) in [5, 5.41) is 11.0. The van der Waals surface area contributed by atoms with Gasteiger partial charge >= 0.3 is 5.69 Å². The van der Waals surface area contributed by atoms with Crippen LogP contribution in [0.5, 0.6) is 11.5 Å². The molecule has 0 bridgehead atoms. The third-order valence-electron chi connectivity index (χ3n) is 2.73. The third-order valence-corrected chi connectivity index (χ3v) is 3.36. The second-order valence-electron chi connectivity index (χ2n) is 4.08. The van der Waals surface area contributed by atoms with Crippen molar-refractivity contribution in [1.29, 1.82) is 0 Å². The number of halogens is 1. The lowest BCUT2D eigenvalue weighted by atomic mass is 10.1. The van der Waals surface area contributed by atoms with E-state index in [2.05, 4.69) is 15.9 Å². The van der Waals surface area contributed by atoms with E-state index in [0.29, 0.717) is 15.8 Å². The Balaban J connectivity index is 2.42. The van der Waals surface area contributed by atoms with Gasteiger partial charge in [-0.3, -0.25) is 14.9 Å². The molecule has 2 aromatic rings. The predicted octanol–water partition coefficient (Wildman–Crippen LogP) is 4.27. The first-order valence-electron chi connectivity index (χ1n) is 5.69. The Morgan fingerprint density at radius 2 is 2.05 bits per heavy atom. The van der Waals surface area contributed by atoms with E-state index in [1.165, 1.54) is 6.07 Å². The maximum Gasteiger partial charge on any atom is 0.312 e. The quantitative estimate of drug-likeness (QED) is 0.475. The van der Waals surface area contributed by atoms with Crippen LogP contribution in [-0.4, -0.2) is 11.2 Å². The van der Waals surface area contributed by atoms with Gasteiger partial charge in [0.15, 0.2) is 0 Å². The average Bonchev–Trinajstić information content (AvgIpc) is 2.41. The smallest absolute Gasteiger partial charge is 0.312 e. The largest absolute Gasteiger partial charge is 0.449 e. The molecule has 0 amide bonds. The van der Waals surface area contributed by atoms with Crippen LogP contribution in [-0.2, 0) is 0 Å². The molecule has 0 saturated carbocycles. The summed E-state index contributed by atoms with van der Waals surface area (Å²) in [6.45, 7) is 1.77. The molecule has 0 aliphatic heterocycles. The van der Waals surface area contributed by atoms with Crippen molar-refractivity contribution in [2.24, 2.45) is 0 Å². The molecule has 0 fully saturated rings. The summed E-state index contributed by atoms with van der Waals surface area (Å²) in [5.74, 6) is 0.568. The number of carbonyl (C=O) groups excluding carboxylic acids is 1. The fourth-order valence-electron chi connectivity index (χ4n) is 1.70. The predicted molar refractivity (Wildman–Crippen MR) is 77.4 cm³/mol. The SMILES string of the molecule is Cc1cc(Oc2c(Br)cccc2[N+](=O)[O-])ccc1C=O. The van der Waals surface area contributed by atoms with Crippen LogP contribution in [0.15, 0.2) is 40.9 Å². The molecule has 0 saturated heterocycles. The molecule has 102 valence electrons. The molecule has 0 heterocycles. The number of nitro benzene ring substituents is 1. The highest BCUT2D eigenvalue weighted by molar-refractivity contribution is 9.10. The van der Waals surface area contributed by atoms with Crippen molar-refractivity contribution < 1.29 is 14.5 Å². The zero-order valence-electron chi connectivity index (χ0n) is 10.5. The van der Waals surface area contributed by atoms with Gasteiger partial charge in [0, 0.05) is 11.6 Å². The van der Waals surface area contributed by atoms with Crippen molar-refractivity contribution >= 4 is 27.9 Å². The van der Waals surface area contributed by atoms with E-state index in [1.54, 1.807) is 37.3 Å². The van der Waals surface area contributed by atoms with E-state index in [-0.39, 0.29) is 11.4 Å². The normalized spacial score (nSPS) is 10.1. The zero-order chi connectivity index (χ0) is 14.7. The topological polar surface area (TPSA) is 69.4 Å². The van der Waals surface area contributed by atoms with Gasteiger partial charge < -0.3 is 4.74 Å². The second kappa shape index (κ2) is 5.83. The lowest BCUT2D eigenvalue weighted by Gasteiger charge is -2.09. The van der Waals surface area contributed by atoms with E-state index in [9.17, 15) is 14.9 Å². The third kappa shape index (κ3) is 2.85. The fraction of sp³-hybridized carbons (Fsp3) is 0.0714. The molecule has 20 heavy (non-hydrogen) atoms. The van der Waals surface area contributed by atoms with Crippen LogP contribution < -0.4 is 4.74 Å². The van der Waals surface area contributed by atoms with Crippen LogP contribution in [0.4, 0.5) is 5.69 Å². The molecule has 2 aromatic carbocycles. The monoisotopic (exact) mass is 335 g/mol. The highest BCUT2D eigenvalue weighted by Crippen LogP contribution is 2.38. The highest BCUT2D eigenvalue weighted by atomic mass is 79.9. The van der Waals surface area contributed by atoms with Gasteiger partial charge in [0.2, 0.25) is 5.75 Å². The number of aldehydes is 1. The summed E-state index contributed by atoms with van der Waals surface area (Å²) in [4.78, 5) is 21.2. The summed E-state index contributed by atoms with van der Waals surface area (Å²) >= 11 is 3.23. The highest BCUT2D eigenvalue weighted by Gasteiger charge is 2.18. The summed E-state index contributed by atoms with van der Waals surface area (Å²) in [5.41, 5.74) is 1.17. The zero-order valence-corrected chi connectivity index (χ0v) is 12.1. The second-order valence-corrected chi connectivity index (χ2v) is 4.94. The first-order chi connectivity index (χ1) is 9.52. The van der Waals surface area contributed by atoms with Gasteiger partial charge in [-0.25, -0.2) is 0 Å². The summed E-state index contributed by atoms with van der Waals surface area (Å²) in [7, 11) is 0.